The summed E-state index contributed by atoms with van der Waals surface area (Å²) in [6, 6.07) is 10.6. The van der Waals surface area contributed by atoms with Crippen LogP contribution in [0.3, 0.4) is 0 Å². The highest BCUT2D eigenvalue weighted by Gasteiger charge is 2.32. The molecule has 0 saturated carbocycles. The van der Waals surface area contributed by atoms with E-state index < -0.39 is 21.7 Å². The van der Waals surface area contributed by atoms with Gasteiger partial charge in [-0.3, -0.25) is 9.10 Å². The van der Waals surface area contributed by atoms with Gasteiger partial charge < -0.3 is 5.32 Å². The lowest BCUT2D eigenvalue weighted by Gasteiger charge is -2.21. The Balaban J connectivity index is 1.89. The molecule has 0 aromatic heterocycles. The van der Waals surface area contributed by atoms with Crippen molar-refractivity contribution >= 4 is 27.3 Å². The number of benzene rings is 2. The van der Waals surface area contributed by atoms with E-state index in [0.717, 1.165) is 11.8 Å². The number of amides is 1. The van der Waals surface area contributed by atoms with E-state index in [1.54, 1.807) is 30.3 Å². The van der Waals surface area contributed by atoms with Crippen molar-refractivity contribution in [3.63, 3.8) is 0 Å². The fraction of sp³-hybridized carbons (Fsp3) is 0.235. The molecule has 1 heterocycles. The van der Waals surface area contributed by atoms with Crippen LogP contribution in [0.1, 0.15) is 22.8 Å². The van der Waals surface area contributed by atoms with Gasteiger partial charge in [0, 0.05) is 11.6 Å². The van der Waals surface area contributed by atoms with Crippen molar-refractivity contribution in [2.75, 3.05) is 15.9 Å². The lowest BCUT2D eigenvalue weighted by molar-refractivity contribution is 0.102. The normalized spacial score (nSPS) is 16.8. The summed E-state index contributed by atoms with van der Waals surface area (Å²) in [5, 5.41) is 2.52. The van der Waals surface area contributed by atoms with E-state index in [1.807, 2.05) is 6.92 Å². The largest absolute Gasteiger partial charge is 0.319 e. The first kappa shape index (κ1) is 16.4. The smallest absolute Gasteiger partial charge is 0.255 e. The van der Waals surface area contributed by atoms with Crippen LogP contribution in [0.5, 0.6) is 0 Å². The summed E-state index contributed by atoms with van der Waals surface area (Å²) in [6.07, 6.45) is 1.70. The number of rotatable bonds is 3. The number of nitrogens with one attached hydrogen (secondary N) is 1. The van der Waals surface area contributed by atoms with Gasteiger partial charge in [0.2, 0.25) is 10.0 Å². The number of hydrogen-bond donors (Lipinski definition) is 1. The fourth-order valence-corrected chi connectivity index (χ4v) is 4.27. The number of anilines is 2. The molecule has 2 aromatic rings. The van der Waals surface area contributed by atoms with Crippen molar-refractivity contribution in [2.45, 2.75) is 19.4 Å². The number of sulfonamides is 1. The molecule has 0 aliphatic carbocycles. The topological polar surface area (TPSA) is 66.5 Å². The molecule has 1 unspecified atom stereocenters. The van der Waals surface area contributed by atoms with Gasteiger partial charge in [-0.25, -0.2) is 12.8 Å². The number of halogens is 1. The van der Waals surface area contributed by atoms with E-state index in [1.165, 1.54) is 16.4 Å². The SMILES string of the molecule is CC1Cc2cc(C(=O)Nc3ccccc3F)ccc2N1S(C)(=O)=O. The molecule has 0 spiro atoms. The number of para-hydroxylation sites is 1. The van der Waals surface area contributed by atoms with Crippen molar-refractivity contribution in [3.8, 4) is 0 Å². The molecular formula is C17H17FN2O3S. The second-order valence-corrected chi connectivity index (χ2v) is 7.75. The van der Waals surface area contributed by atoms with E-state index in [0.29, 0.717) is 17.7 Å². The average molecular weight is 348 g/mol. The van der Waals surface area contributed by atoms with Crippen LogP contribution in [-0.4, -0.2) is 26.6 Å². The molecule has 1 amide bonds. The number of hydrogen-bond acceptors (Lipinski definition) is 3. The van der Waals surface area contributed by atoms with Gasteiger partial charge in [-0.2, -0.15) is 0 Å². The van der Waals surface area contributed by atoms with Gasteiger partial charge in [0.05, 0.1) is 17.6 Å². The third kappa shape index (κ3) is 2.99. The number of nitrogens with zero attached hydrogens (tertiary/aromatic N) is 1. The summed E-state index contributed by atoms with van der Waals surface area (Å²) < 4.78 is 38.8. The van der Waals surface area contributed by atoms with E-state index >= 15 is 0 Å². The predicted octanol–water partition coefficient (Wildman–Crippen LogP) is 2.79. The highest BCUT2D eigenvalue weighted by atomic mass is 32.2. The predicted molar refractivity (Wildman–Crippen MR) is 91.3 cm³/mol. The van der Waals surface area contributed by atoms with Crippen molar-refractivity contribution < 1.29 is 17.6 Å². The zero-order chi connectivity index (χ0) is 17.5. The maximum Gasteiger partial charge on any atom is 0.255 e. The van der Waals surface area contributed by atoms with E-state index in [2.05, 4.69) is 5.32 Å². The fourth-order valence-electron chi connectivity index (χ4n) is 3.01. The molecule has 3 rings (SSSR count). The lowest BCUT2D eigenvalue weighted by atomic mass is 10.1. The van der Waals surface area contributed by atoms with Gasteiger partial charge in [0.1, 0.15) is 5.82 Å². The average Bonchev–Trinajstić information content (AvgIpc) is 2.84. The molecule has 24 heavy (non-hydrogen) atoms. The van der Waals surface area contributed by atoms with Gasteiger partial charge in [-0.1, -0.05) is 12.1 Å². The molecule has 0 fully saturated rings. The maximum atomic E-state index is 13.6. The molecule has 5 nitrogen and oxygen atoms in total. The molecule has 1 atom stereocenters. The van der Waals surface area contributed by atoms with Crippen LogP contribution in [0.15, 0.2) is 42.5 Å². The highest BCUT2D eigenvalue weighted by Crippen LogP contribution is 2.34. The molecular weight excluding hydrogens is 331 g/mol. The molecule has 1 aliphatic heterocycles. The molecule has 2 aromatic carbocycles. The Kier molecular flexibility index (Phi) is 4.04. The Bertz CT molecular complexity index is 912. The molecule has 7 heteroatoms. The van der Waals surface area contributed by atoms with E-state index in [4.69, 9.17) is 0 Å². The molecule has 0 saturated heterocycles. The first-order chi connectivity index (χ1) is 11.3. The first-order valence-electron chi connectivity index (χ1n) is 7.45. The maximum absolute atomic E-state index is 13.6. The van der Waals surface area contributed by atoms with Crippen molar-refractivity contribution in [1.29, 1.82) is 0 Å². The monoisotopic (exact) mass is 348 g/mol. The molecule has 126 valence electrons. The number of fused-ring (bicyclic) bond motifs is 1. The van der Waals surface area contributed by atoms with Gasteiger partial charge in [-0.05, 0) is 49.2 Å². The zero-order valence-corrected chi connectivity index (χ0v) is 14.1. The summed E-state index contributed by atoms with van der Waals surface area (Å²) in [6.45, 7) is 1.82. The van der Waals surface area contributed by atoms with Gasteiger partial charge >= 0.3 is 0 Å². The van der Waals surface area contributed by atoms with Gasteiger partial charge in [0.15, 0.2) is 0 Å². The zero-order valence-electron chi connectivity index (χ0n) is 13.3. The summed E-state index contributed by atoms with van der Waals surface area (Å²) >= 11 is 0. The summed E-state index contributed by atoms with van der Waals surface area (Å²) in [5.41, 5.74) is 1.84. The number of carbonyl (C=O) groups is 1. The van der Waals surface area contributed by atoms with Crippen LogP contribution >= 0.6 is 0 Å². The summed E-state index contributed by atoms with van der Waals surface area (Å²) in [4.78, 5) is 12.3. The Morgan fingerprint density at radius 3 is 2.62 bits per heavy atom. The minimum atomic E-state index is -3.37. The van der Waals surface area contributed by atoms with Crippen molar-refractivity contribution in [2.24, 2.45) is 0 Å². The van der Waals surface area contributed by atoms with Gasteiger partial charge in [0.25, 0.3) is 5.91 Å². The van der Waals surface area contributed by atoms with E-state index in [-0.39, 0.29) is 11.7 Å². The summed E-state index contributed by atoms with van der Waals surface area (Å²) in [5.74, 6) is -0.947. The molecule has 1 N–H and O–H groups in total. The van der Waals surface area contributed by atoms with Crippen LogP contribution in [0.2, 0.25) is 0 Å². The van der Waals surface area contributed by atoms with Crippen molar-refractivity contribution in [3.05, 3.63) is 59.4 Å². The first-order valence-corrected chi connectivity index (χ1v) is 9.30. The van der Waals surface area contributed by atoms with E-state index in [9.17, 15) is 17.6 Å². The lowest BCUT2D eigenvalue weighted by Crippen LogP contribution is -2.34. The third-order valence-electron chi connectivity index (χ3n) is 3.97. The van der Waals surface area contributed by atoms with Crippen LogP contribution in [0.25, 0.3) is 0 Å². The Hall–Kier alpha value is -2.41. The number of carbonyl (C=O) groups excluding carboxylic acids is 1. The highest BCUT2D eigenvalue weighted by molar-refractivity contribution is 7.92. The Morgan fingerprint density at radius 2 is 1.96 bits per heavy atom. The van der Waals surface area contributed by atoms with Crippen LogP contribution in [0, 0.1) is 5.82 Å². The van der Waals surface area contributed by atoms with Gasteiger partial charge in [-0.15, -0.1) is 0 Å². The second-order valence-electron chi connectivity index (χ2n) is 5.89. The minimum Gasteiger partial charge on any atom is -0.319 e. The third-order valence-corrected chi connectivity index (χ3v) is 5.25. The quantitative estimate of drug-likeness (QED) is 0.927. The minimum absolute atomic E-state index is 0.106. The van der Waals surface area contributed by atoms with Crippen LogP contribution < -0.4 is 9.62 Å². The van der Waals surface area contributed by atoms with Crippen molar-refractivity contribution in [1.82, 2.24) is 0 Å². The van der Waals surface area contributed by atoms with Crippen LogP contribution in [-0.2, 0) is 16.4 Å². The molecule has 0 bridgehead atoms. The molecule has 1 aliphatic rings. The Morgan fingerprint density at radius 1 is 1.25 bits per heavy atom. The Labute approximate surface area is 140 Å². The molecule has 0 radical (unpaired) electrons. The second kappa shape index (κ2) is 5.90. The van der Waals surface area contributed by atoms with Crippen LogP contribution in [0.4, 0.5) is 15.8 Å². The summed E-state index contributed by atoms with van der Waals surface area (Å²) in [7, 11) is -3.37. The standard InChI is InChI=1S/C17H17FN2O3S/c1-11-9-13-10-12(7-8-16(13)20(11)24(2,22)23)17(21)19-15-6-4-3-5-14(15)18/h3-8,10-11H,9H2,1-2H3,(H,19,21).